The molecule has 18 heavy (non-hydrogen) atoms. The summed E-state index contributed by atoms with van der Waals surface area (Å²) in [6.07, 6.45) is 2.82. The maximum Gasteiger partial charge on any atom is 0.325 e. The monoisotopic (exact) mass is 244 g/mol. The number of aromatic nitrogens is 3. The SMILES string of the molecule is O=C1c2cccnc2CN1c1c[nH]c(=O)[nH]c1=O. The third-order valence-corrected chi connectivity index (χ3v) is 2.76. The predicted molar refractivity (Wildman–Crippen MR) is 62.4 cm³/mol. The highest BCUT2D eigenvalue weighted by Gasteiger charge is 2.30. The van der Waals surface area contributed by atoms with Gasteiger partial charge >= 0.3 is 5.69 Å². The van der Waals surface area contributed by atoms with E-state index in [1.165, 1.54) is 11.1 Å². The molecule has 0 aliphatic carbocycles. The van der Waals surface area contributed by atoms with Gasteiger partial charge in [-0.15, -0.1) is 0 Å². The topological polar surface area (TPSA) is 98.9 Å². The first kappa shape index (κ1) is 10.5. The van der Waals surface area contributed by atoms with E-state index in [9.17, 15) is 14.4 Å². The van der Waals surface area contributed by atoms with Crippen LogP contribution in [-0.2, 0) is 6.54 Å². The van der Waals surface area contributed by atoms with Crippen LogP contribution in [0.5, 0.6) is 0 Å². The summed E-state index contributed by atoms with van der Waals surface area (Å²) in [4.78, 5) is 44.4. The Bertz CT molecular complexity index is 746. The Kier molecular flexibility index (Phi) is 2.12. The number of fused-ring (bicyclic) bond motifs is 1. The van der Waals surface area contributed by atoms with Crippen molar-refractivity contribution in [3.8, 4) is 0 Å². The van der Waals surface area contributed by atoms with E-state index < -0.39 is 11.2 Å². The number of carbonyl (C=O) groups is 1. The zero-order valence-corrected chi connectivity index (χ0v) is 9.14. The normalized spacial score (nSPS) is 13.8. The molecular formula is C11H8N4O3. The number of carbonyl (C=O) groups excluding carboxylic acids is 1. The molecule has 2 aromatic rings. The molecule has 0 saturated heterocycles. The first-order valence-electron chi connectivity index (χ1n) is 5.24. The Morgan fingerprint density at radius 1 is 1.28 bits per heavy atom. The largest absolute Gasteiger partial charge is 0.325 e. The summed E-state index contributed by atoms with van der Waals surface area (Å²) in [7, 11) is 0. The molecular weight excluding hydrogens is 236 g/mol. The van der Waals surface area contributed by atoms with Gasteiger partial charge in [0.1, 0.15) is 5.69 Å². The van der Waals surface area contributed by atoms with E-state index in [2.05, 4.69) is 15.0 Å². The summed E-state index contributed by atoms with van der Waals surface area (Å²) in [5, 5.41) is 0. The predicted octanol–water partition coefficient (Wildman–Crippen LogP) is -0.381. The second kappa shape index (κ2) is 3.66. The number of rotatable bonds is 1. The number of amides is 1. The molecule has 2 aromatic heterocycles. The molecule has 0 atom stereocenters. The number of anilines is 1. The molecule has 0 saturated carbocycles. The highest BCUT2D eigenvalue weighted by Crippen LogP contribution is 2.23. The minimum atomic E-state index is -0.606. The number of nitrogens with one attached hydrogen (secondary N) is 2. The van der Waals surface area contributed by atoms with Crippen molar-refractivity contribution < 1.29 is 4.79 Å². The van der Waals surface area contributed by atoms with Gasteiger partial charge in [-0.1, -0.05) is 0 Å². The summed E-state index contributed by atoms with van der Waals surface area (Å²) in [6, 6.07) is 3.32. The molecule has 3 heterocycles. The van der Waals surface area contributed by atoms with Crippen molar-refractivity contribution in [2.75, 3.05) is 4.90 Å². The fraction of sp³-hybridized carbons (Fsp3) is 0.0909. The maximum atomic E-state index is 12.1. The smallest absolute Gasteiger partial charge is 0.312 e. The highest BCUT2D eigenvalue weighted by molar-refractivity contribution is 6.09. The van der Waals surface area contributed by atoms with Crippen molar-refractivity contribution in [1.29, 1.82) is 0 Å². The van der Waals surface area contributed by atoms with Crippen molar-refractivity contribution in [3.63, 3.8) is 0 Å². The van der Waals surface area contributed by atoms with Gasteiger partial charge in [-0.2, -0.15) is 0 Å². The summed E-state index contributed by atoms with van der Waals surface area (Å²) in [5.41, 5.74) is -0.000240. The Balaban J connectivity index is 2.09. The van der Waals surface area contributed by atoms with Gasteiger partial charge in [-0.05, 0) is 12.1 Å². The van der Waals surface area contributed by atoms with E-state index >= 15 is 0 Å². The molecule has 1 amide bonds. The standard InChI is InChI=1S/C11H8N4O3/c16-9-8(4-13-11(18)14-9)15-5-7-6(10(15)17)2-1-3-12-7/h1-4H,5H2,(H2,13,14,16,18). The highest BCUT2D eigenvalue weighted by atomic mass is 16.2. The zero-order valence-electron chi connectivity index (χ0n) is 9.14. The fourth-order valence-corrected chi connectivity index (χ4v) is 1.92. The maximum absolute atomic E-state index is 12.1. The average molecular weight is 244 g/mol. The van der Waals surface area contributed by atoms with Gasteiger partial charge < -0.3 is 4.98 Å². The van der Waals surface area contributed by atoms with Crippen LogP contribution < -0.4 is 16.1 Å². The Labute approximate surface area is 100 Å². The van der Waals surface area contributed by atoms with Crippen molar-refractivity contribution in [2.24, 2.45) is 0 Å². The van der Waals surface area contributed by atoms with E-state index in [1.54, 1.807) is 18.3 Å². The average Bonchev–Trinajstić information content (AvgIpc) is 2.68. The van der Waals surface area contributed by atoms with E-state index in [0.29, 0.717) is 11.3 Å². The van der Waals surface area contributed by atoms with Crippen molar-refractivity contribution in [1.82, 2.24) is 15.0 Å². The van der Waals surface area contributed by atoms with Gasteiger partial charge in [0.15, 0.2) is 0 Å². The van der Waals surface area contributed by atoms with Gasteiger partial charge in [0.05, 0.1) is 17.8 Å². The summed E-state index contributed by atoms with van der Waals surface area (Å²) < 4.78 is 0. The molecule has 7 nitrogen and oxygen atoms in total. The van der Waals surface area contributed by atoms with Crippen LogP contribution in [0.1, 0.15) is 16.1 Å². The molecule has 90 valence electrons. The molecule has 0 bridgehead atoms. The first-order valence-corrected chi connectivity index (χ1v) is 5.24. The van der Waals surface area contributed by atoms with Gasteiger partial charge in [0, 0.05) is 12.4 Å². The number of nitrogens with zero attached hydrogens (tertiary/aromatic N) is 2. The lowest BCUT2D eigenvalue weighted by Crippen LogP contribution is -2.32. The van der Waals surface area contributed by atoms with Crippen LogP contribution in [0.15, 0.2) is 34.1 Å². The van der Waals surface area contributed by atoms with Gasteiger partial charge in [0.2, 0.25) is 0 Å². The van der Waals surface area contributed by atoms with Crippen molar-refractivity contribution >= 4 is 11.6 Å². The van der Waals surface area contributed by atoms with E-state index in [0.717, 1.165) is 0 Å². The minimum Gasteiger partial charge on any atom is -0.312 e. The molecule has 2 N–H and O–H groups in total. The third kappa shape index (κ3) is 1.45. The summed E-state index contributed by atoms with van der Waals surface area (Å²) in [5.74, 6) is -0.296. The number of aromatic amines is 2. The Morgan fingerprint density at radius 2 is 2.11 bits per heavy atom. The van der Waals surface area contributed by atoms with Gasteiger partial charge in [0.25, 0.3) is 11.5 Å². The molecule has 0 radical (unpaired) electrons. The Hall–Kier alpha value is -2.70. The molecule has 1 aliphatic heterocycles. The molecule has 0 aromatic carbocycles. The van der Waals surface area contributed by atoms with Crippen LogP contribution in [0, 0.1) is 0 Å². The summed E-state index contributed by atoms with van der Waals surface area (Å²) >= 11 is 0. The van der Waals surface area contributed by atoms with Crippen molar-refractivity contribution in [2.45, 2.75) is 6.54 Å². The van der Waals surface area contributed by atoms with Crippen LogP contribution in [0.4, 0.5) is 5.69 Å². The van der Waals surface area contributed by atoms with Crippen LogP contribution >= 0.6 is 0 Å². The number of pyridine rings is 1. The second-order valence-electron chi connectivity index (χ2n) is 3.85. The van der Waals surface area contributed by atoms with Crippen molar-refractivity contribution in [3.05, 3.63) is 56.6 Å². The number of hydrogen-bond donors (Lipinski definition) is 2. The quantitative estimate of drug-likeness (QED) is 0.714. The van der Waals surface area contributed by atoms with E-state index in [4.69, 9.17) is 0 Å². The van der Waals surface area contributed by atoms with Crippen LogP contribution in [0.25, 0.3) is 0 Å². The van der Waals surface area contributed by atoms with Gasteiger partial charge in [-0.25, -0.2) is 4.79 Å². The minimum absolute atomic E-state index is 0.109. The van der Waals surface area contributed by atoms with E-state index in [-0.39, 0.29) is 18.1 Å². The Morgan fingerprint density at radius 3 is 2.83 bits per heavy atom. The lowest BCUT2D eigenvalue weighted by molar-refractivity contribution is 0.0996. The van der Waals surface area contributed by atoms with E-state index in [1.807, 2.05) is 0 Å². The fourth-order valence-electron chi connectivity index (χ4n) is 1.92. The number of hydrogen-bond acceptors (Lipinski definition) is 4. The summed E-state index contributed by atoms with van der Waals surface area (Å²) in [6.45, 7) is 0.226. The van der Waals surface area contributed by atoms with Crippen LogP contribution in [-0.4, -0.2) is 20.9 Å². The molecule has 0 unspecified atom stereocenters. The van der Waals surface area contributed by atoms with Crippen LogP contribution in [0.2, 0.25) is 0 Å². The molecule has 1 aliphatic rings. The second-order valence-corrected chi connectivity index (χ2v) is 3.85. The molecule has 0 spiro atoms. The van der Waals surface area contributed by atoms with Crippen LogP contribution in [0.3, 0.4) is 0 Å². The zero-order chi connectivity index (χ0) is 12.7. The first-order chi connectivity index (χ1) is 8.66. The molecule has 7 heteroatoms. The third-order valence-electron chi connectivity index (χ3n) is 2.76. The lowest BCUT2D eigenvalue weighted by Gasteiger charge is -2.13. The van der Waals surface area contributed by atoms with Gasteiger partial charge in [-0.3, -0.25) is 24.5 Å². The molecule has 3 rings (SSSR count). The molecule has 0 fully saturated rings. The lowest BCUT2D eigenvalue weighted by atomic mass is 10.2. The number of H-pyrrole nitrogens is 2.